The van der Waals surface area contributed by atoms with Gasteiger partial charge in [0, 0.05) is 25.3 Å². The molecule has 0 spiro atoms. The molecule has 1 aliphatic heterocycles. The lowest BCUT2D eigenvalue weighted by Crippen LogP contribution is -2.33. The number of nitrogens with one attached hydrogen (secondary N) is 1. The van der Waals surface area contributed by atoms with Gasteiger partial charge in [-0.15, -0.1) is 0 Å². The molecular weight excluding hydrogens is 266 g/mol. The van der Waals surface area contributed by atoms with Crippen molar-refractivity contribution in [3.63, 3.8) is 0 Å². The van der Waals surface area contributed by atoms with E-state index in [1.807, 2.05) is 6.92 Å². The van der Waals surface area contributed by atoms with Gasteiger partial charge in [-0.3, -0.25) is 0 Å². The molecule has 0 bridgehead atoms. The molecule has 7 heteroatoms. The molecule has 19 heavy (non-hydrogen) atoms. The van der Waals surface area contributed by atoms with Gasteiger partial charge in [-0.2, -0.15) is 0 Å². The molecule has 2 atom stereocenters. The predicted octanol–water partition coefficient (Wildman–Crippen LogP) is 0.757. The maximum absolute atomic E-state index is 12.1. The minimum absolute atomic E-state index is 0.109. The average molecular weight is 285 g/mol. The topological polar surface area (TPSA) is 94.3 Å². The van der Waals surface area contributed by atoms with Gasteiger partial charge in [-0.1, -0.05) is 6.92 Å². The first-order valence-electron chi connectivity index (χ1n) is 6.36. The summed E-state index contributed by atoms with van der Waals surface area (Å²) in [6.45, 7) is 3.09. The van der Waals surface area contributed by atoms with Crippen LogP contribution in [0.15, 0.2) is 23.4 Å². The smallest absolute Gasteiger partial charge is 0.260 e. The number of nitrogens with zero attached hydrogens (tertiary/aromatic N) is 1. The fraction of sp³-hybridized carbons (Fsp3) is 0.583. The van der Waals surface area contributed by atoms with Crippen LogP contribution in [0.3, 0.4) is 0 Å². The second-order valence-corrected chi connectivity index (χ2v) is 6.30. The van der Waals surface area contributed by atoms with E-state index in [9.17, 15) is 8.42 Å². The highest BCUT2D eigenvalue weighted by Gasteiger charge is 2.28. The summed E-state index contributed by atoms with van der Waals surface area (Å²) in [5.41, 5.74) is 5.79. The molecular formula is C12H19N3O3S. The quantitative estimate of drug-likeness (QED) is 0.833. The minimum atomic E-state index is -3.65. The number of rotatable bonds is 5. The molecule has 106 valence electrons. The van der Waals surface area contributed by atoms with Crippen molar-refractivity contribution in [3.05, 3.63) is 18.3 Å². The number of hydrogen-bond acceptors (Lipinski definition) is 5. The van der Waals surface area contributed by atoms with E-state index in [1.54, 1.807) is 6.07 Å². The largest absolute Gasteiger partial charge is 0.396 e. The van der Waals surface area contributed by atoms with Crippen LogP contribution in [0.5, 0.6) is 0 Å². The SMILES string of the molecule is CCC1OCCC1CNS(=O)(=O)c1ncccc1N. The molecule has 2 heterocycles. The summed E-state index contributed by atoms with van der Waals surface area (Å²) in [4.78, 5) is 3.83. The van der Waals surface area contributed by atoms with Crippen molar-refractivity contribution in [1.29, 1.82) is 0 Å². The normalized spacial score (nSPS) is 23.6. The third-order valence-corrected chi connectivity index (χ3v) is 4.74. The van der Waals surface area contributed by atoms with E-state index in [0.29, 0.717) is 13.2 Å². The molecule has 2 rings (SSSR count). The summed E-state index contributed by atoms with van der Waals surface area (Å²) in [5.74, 6) is 0.213. The fourth-order valence-electron chi connectivity index (χ4n) is 2.29. The molecule has 0 radical (unpaired) electrons. The number of anilines is 1. The lowest BCUT2D eigenvalue weighted by Gasteiger charge is -2.17. The number of nitrogens with two attached hydrogens (primary N) is 1. The maximum Gasteiger partial charge on any atom is 0.260 e. The van der Waals surface area contributed by atoms with Crippen molar-refractivity contribution >= 4 is 15.7 Å². The van der Waals surface area contributed by atoms with E-state index >= 15 is 0 Å². The van der Waals surface area contributed by atoms with E-state index in [0.717, 1.165) is 12.8 Å². The van der Waals surface area contributed by atoms with E-state index < -0.39 is 10.0 Å². The van der Waals surface area contributed by atoms with Crippen LogP contribution in [0, 0.1) is 5.92 Å². The Morgan fingerprint density at radius 1 is 1.58 bits per heavy atom. The van der Waals surface area contributed by atoms with Gasteiger partial charge in [0.05, 0.1) is 11.8 Å². The predicted molar refractivity (Wildman–Crippen MR) is 72.0 cm³/mol. The lowest BCUT2D eigenvalue weighted by molar-refractivity contribution is 0.0884. The third kappa shape index (κ3) is 3.23. The van der Waals surface area contributed by atoms with Crippen molar-refractivity contribution in [2.45, 2.75) is 30.9 Å². The number of hydrogen-bond donors (Lipinski definition) is 2. The number of pyridine rings is 1. The van der Waals surface area contributed by atoms with E-state index in [1.165, 1.54) is 12.3 Å². The molecule has 0 amide bonds. The molecule has 0 aromatic carbocycles. The van der Waals surface area contributed by atoms with Crippen LogP contribution in [0.2, 0.25) is 0 Å². The number of aromatic nitrogens is 1. The minimum Gasteiger partial charge on any atom is -0.396 e. The highest BCUT2D eigenvalue weighted by molar-refractivity contribution is 7.89. The Labute approximate surface area is 113 Å². The Kier molecular flexibility index (Phi) is 4.38. The van der Waals surface area contributed by atoms with Crippen molar-refractivity contribution in [3.8, 4) is 0 Å². The lowest BCUT2D eigenvalue weighted by atomic mass is 10.0. The average Bonchev–Trinajstić information content (AvgIpc) is 2.84. The molecule has 1 aliphatic rings. The molecule has 1 aromatic heterocycles. The van der Waals surface area contributed by atoms with Crippen LogP contribution >= 0.6 is 0 Å². The zero-order valence-corrected chi connectivity index (χ0v) is 11.7. The van der Waals surface area contributed by atoms with Gasteiger partial charge >= 0.3 is 0 Å². The van der Waals surface area contributed by atoms with Gasteiger partial charge in [-0.05, 0) is 25.0 Å². The zero-order valence-electron chi connectivity index (χ0n) is 10.9. The maximum atomic E-state index is 12.1. The zero-order chi connectivity index (χ0) is 13.9. The van der Waals surface area contributed by atoms with Crippen LogP contribution in [0.25, 0.3) is 0 Å². The molecule has 1 saturated heterocycles. The fourth-order valence-corrected chi connectivity index (χ4v) is 3.44. The summed E-state index contributed by atoms with van der Waals surface area (Å²) in [7, 11) is -3.65. The molecule has 3 N–H and O–H groups in total. The van der Waals surface area contributed by atoms with Crippen LogP contribution in [-0.4, -0.2) is 32.7 Å². The third-order valence-electron chi connectivity index (χ3n) is 3.34. The number of nitrogen functional groups attached to an aromatic ring is 1. The van der Waals surface area contributed by atoms with Crippen molar-refractivity contribution in [2.75, 3.05) is 18.9 Å². The first-order valence-corrected chi connectivity index (χ1v) is 7.84. The molecule has 0 saturated carbocycles. The Morgan fingerprint density at radius 2 is 2.37 bits per heavy atom. The van der Waals surface area contributed by atoms with Crippen molar-refractivity contribution < 1.29 is 13.2 Å². The van der Waals surface area contributed by atoms with E-state index in [4.69, 9.17) is 10.5 Å². The summed E-state index contributed by atoms with van der Waals surface area (Å²) in [5, 5.41) is -0.109. The standard InChI is InChI=1S/C12H19N3O3S/c1-2-11-9(5-7-18-11)8-15-19(16,17)12-10(13)4-3-6-14-12/h3-4,6,9,11,15H,2,5,7-8,13H2,1H3. The number of sulfonamides is 1. The highest BCUT2D eigenvalue weighted by atomic mass is 32.2. The Morgan fingerprint density at radius 3 is 3.05 bits per heavy atom. The Bertz CT molecular complexity index is 533. The van der Waals surface area contributed by atoms with Crippen LogP contribution in [-0.2, 0) is 14.8 Å². The van der Waals surface area contributed by atoms with Crippen LogP contribution in [0.4, 0.5) is 5.69 Å². The van der Waals surface area contributed by atoms with Gasteiger partial charge in [-0.25, -0.2) is 18.1 Å². The molecule has 6 nitrogen and oxygen atoms in total. The first-order chi connectivity index (χ1) is 9.04. The van der Waals surface area contributed by atoms with Gasteiger partial charge < -0.3 is 10.5 Å². The van der Waals surface area contributed by atoms with Crippen molar-refractivity contribution in [1.82, 2.24) is 9.71 Å². The second-order valence-electron chi connectivity index (χ2n) is 4.62. The summed E-state index contributed by atoms with van der Waals surface area (Å²) in [6.07, 6.45) is 3.30. The monoisotopic (exact) mass is 285 g/mol. The first kappa shape index (κ1) is 14.2. The summed E-state index contributed by atoms with van der Waals surface area (Å²) < 4.78 is 32.3. The molecule has 1 aromatic rings. The summed E-state index contributed by atoms with van der Waals surface area (Å²) in [6, 6.07) is 3.13. The number of ether oxygens (including phenoxy) is 1. The van der Waals surface area contributed by atoms with Gasteiger partial charge in [0.2, 0.25) is 0 Å². The van der Waals surface area contributed by atoms with Gasteiger partial charge in [0.1, 0.15) is 0 Å². The van der Waals surface area contributed by atoms with Crippen molar-refractivity contribution in [2.24, 2.45) is 5.92 Å². The molecule has 1 fully saturated rings. The summed E-state index contributed by atoms with van der Waals surface area (Å²) >= 11 is 0. The Hall–Kier alpha value is -1.18. The molecule has 0 aliphatic carbocycles. The molecule has 2 unspecified atom stereocenters. The second kappa shape index (κ2) is 5.85. The van der Waals surface area contributed by atoms with Gasteiger partial charge in [0.15, 0.2) is 5.03 Å². The van der Waals surface area contributed by atoms with Crippen LogP contribution in [0.1, 0.15) is 19.8 Å². The van der Waals surface area contributed by atoms with E-state index in [2.05, 4.69) is 9.71 Å². The highest BCUT2D eigenvalue weighted by Crippen LogP contribution is 2.23. The van der Waals surface area contributed by atoms with E-state index in [-0.39, 0.29) is 22.7 Å². The Balaban J connectivity index is 2.04. The van der Waals surface area contributed by atoms with Crippen LogP contribution < -0.4 is 10.5 Å². The van der Waals surface area contributed by atoms with Gasteiger partial charge in [0.25, 0.3) is 10.0 Å².